The molecule has 0 aliphatic carbocycles. The van der Waals surface area contributed by atoms with Gasteiger partial charge in [0, 0.05) is 37.4 Å². The van der Waals surface area contributed by atoms with Gasteiger partial charge in [-0.25, -0.2) is 0 Å². The van der Waals surface area contributed by atoms with Gasteiger partial charge in [0.1, 0.15) is 5.78 Å². The molecule has 1 N–H and O–H groups in total. The SMILES string of the molecule is CC(C)NCCC(C)(C)OCCC(C)(C)ON(C)CCC(C)(C)C(=O)C(C)C. The molecule has 0 rings (SSSR count). The molecule has 28 heavy (non-hydrogen) atoms. The van der Waals surface area contributed by atoms with Crippen molar-refractivity contribution in [3.05, 3.63) is 0 Å². The number of ether oxygens (including phenoxy) is 1. The zero-order valence-electron chi connectivity index (χ0n) is 20.6. The van der Waals surface area contributed by atoms with Crippen LogP contribution in [-0.2, 0) is 14.4 Å². The summed E-state index contributed by atoms with van der Waals surface area (Å²) < 4.78 is 6.12. The van der Waals surface area contributed by atoms with E-state index in [1.807, 2.05) is 39.8 Å². The monoisotopic (exact) mass is 400 g/mol. The van der Waals surface area contributed by atoms with Gasteiger partial charge in [0.15, 0.2) is 0 Å². The molecule has 0 radical (unpaired) electrons. The molecular formula is C23H48N2O3. The second kappa shape index (κ2) is 11.6. The summed E-state index contributed by atoms with van der Waals surface area (Å²) in [7, 11) is 1.94. The van der Waals surface area contributed by atoms with E-state index in [1.54, 1.807) is 0 Å². The molecule has 0 aliphatic rings. The molecule has 0 aromatic heterocycles. The molecule has 5 nitrogen and oxygen atoms in total. The number of hydrogen-bond acceptors (Lipinski definition) is 5. The molecule has 0 aromatic rings. The molecule has 168 valence electrons. The van der Waals surface area contributed by atoms with Crippen molar-refractivity contribution >= 4 is 5.78 Å². The zero-order chi connectivity index (χ0) is 22.2. The van der Waals surface area contributed by atoms with Gasteiger partial charge in [-0.15, -0.1) is 0 Å². The standard InChI is InChI=1S/C23H48N2O3/c1-18(2)20(26)21(5,6)13-16-25(11)28-23(9,10)14-17-27-22(7,8)12-15-24-19(3)4/h18-19,24H,12-17H2,1-11H3. The van der Waals surface area contributed by atoms with Gasteiger partial charge in [-0.3, -0.25) is 9.63 Å². The van der Waals surface area contributed by atoms with Crippen molar-refractivity contribution in [2.45, 2.75) is 106 Å². The van der Waals surface area contributed by atoms with E-state index in [2.05, 4.69) is 46.9 Å². The first-order chi connectivity index (χ1) is 12.6. The highest BCUT2D eigenvalue weighted by Crippen LogP contribution is 2.27. The normalized spacial score (nSPS) is 13.8. The predicted octanol–water partition coefficient (Wildman–Crippen LogP) is 4.84. The average Bonchev–Trinajstić information content (AvgIpc) is 2.50. The highest BCUT2D eigenvalue weighted by atomic mass is 16.7. The number of carbonyl (C=O) groups excluding carboxylic acids is 1. The fraction of sp³-hybridized carbons (Fsp3) is 0.957. The summed E-state index contributed by atoms with van der Waals surface area (Å²) in [5.41, 5.74) is -0.786. The molecule has 0 aromatic carbocycles. The Morgan fingerprint density at radius 1 is 0.929 bits per heavy atom. The first-order valence-corrected chi connectivity index (χ1v) is 10.9. The van der Waals surface area contributed by atoms with Crippen LogP contribution in [0.15, 0.2) is 0 Å². The molecule has 0 aliphatic heterocycles. The summed E-state index contributed by atoms with van der Waals surface area (Å²) in [5, 5.41) is 5.31. The Hall–Kier alpha value is -0.490. The third kappa shape index (κ3) is 12.2. The molecule has 0 spiro atoms. The topological polar surface area (TPSA) is 50.8 Å². The van der Waals surface area contributed by atoms with Crippen LogP contribution in [0.1, 0.15) is 88.5 Å². The summed E-state index contributed by atoms with van der Waals surface area (Å²) in [6, 6.07) is 0.500. The summed E-state index contributed by atoms with van der Waals surface area (Å²) in [6.07, 6.45) is 2.57. The van der Waals surface area contributed by atoms with E-state index >= 15 is 0 Å². The molecule has 0 atom stereocenters. The Bertz CT molecular complexity index is 457. The molecule has 0 amide bonds. The van der Waals surface area contributed by atoms with E-state index in [9.17, 15) is 4.79 Å². The van der Waals surface area contributed by atoms with Crippen LogP contribution in [0.2, 0.25) is 0 Å². The Kier molecular flexibility index (Phi) is 11.4. The minimum absolute atomic E-state index is 0.0638. The Labute approximate surface area is 174 Å². The molecule has 0 saturated heterocycles. The van der Waals surface area contributed by atoms with Gasteiger partial charge >= 0.3 is 0 Å². The molecule has 0 heterocycles. The van der Waals surface area contributed by atoms with Crippen molar-refractivity contribution in [3.8, 4) is 0 Å². The van der Waals surface area contributed by atoms with Gasteiger partial charge in [0.25, 0.3) is 0 Å². The van der Waals surface area contributed by atoms with Crippen LogP contribution in [0.4, 0.5) is 0 Å². The van der Waals surface area contributed by atoms with Gasteiger partial charge in [-0.05, 0) is 47.1 Å². The van der Waals surface area contributed by atoms with E-state index in [0.717, 1.165) is 32.4 Å². The second-order valence-electron chi connectivity index (χ2n) is 10.6. The number of carbonyl (C=O) groups is 1. The number of nitrogens with zero attached hydrogens (tertiary/aromatic N) is 1. The lowest BCUT2D eigenvalue weighted by Gasteiger charge is -2.34. The number of hydrogen-bond donors (Lipinski definition) is 1. The lowest BCUT2D eigenvalue weighted by molar-refractivity contribution is -0.230. The fourth-order valence-corrected chi connectivity index (χ4v) is 3.16. The van der Waals surface area contributed by atoms with Crippen molar-refractivity contribution in [3.63, 3.8) is 0 Å². The molecule has 0 saturated carbocycles. The van der Waals surface area contributed by atoms with Crippen LogP contribution >= 0.6 is 0 Å². The summed E-state index contributed by atoms with van der Waals surface area (Å²) in [5.74, 6) is 0.372. The first-order valence-electron chi connectivity index (χ1n) is 10.9. The minimum Gasteiger partial charge on any atom is -0.375 e. The highest BCUT2D eigenvalue weighted by Gasteiger charge is 2.30. The summed E-state index contributed by atoms with van der Waals surface area (Å²) >= 11 is 0. The number of Topliss-reactive ketones (excluding diaryl/α,β-unsaturated/α-hetero) is 1. The maximum atomic E-state index is 12.3. The van der Waals surface area contributed by atoms with Crippen LogP contribution in [0.25, 0.3) is 0 Å². The predicted molar refractivity (Wildman–Crippen MR) is 118 cm³/mol. The first kappa shape index (κ1) is 27.5. The smallest absolute Gasteiger partial charge is 0.141 e. The van der Waals surface area contributed by atoms with Crippen LogP contribution in [0.3, 0.4) is 0 Å². The third-order valence-electron chi connectivity index (χ3n) is 5.12. The molecule has 0 unspecified atom stereocenters. The van der Waals surface area contributed by atoms with Crippen molar-refractivity contribution in [2.24, 2.45) is 11.3 Å². The Morgan fingerprint density at radius 3 is 2.00 bits per heavy atom. The Morgan fingerprint density at radius 2 is 1.50 bits per heavy atom. The second-order valence-corrected chi connectivity index (χ2v) is 10.6. The van der Waals surface area contributed by atoms with Gasteiger partial charge in [-0.1, -0.05) is 41.5 Å². The number of rotatable bonds is 15. The van der Waals surface area contributed by atoms with Crippen molar-refractivity contribution in [2.75, 3.05) is 26.7 Å². The van der Waals surface area contributed by atoms with Gasteiger partial charge < -0.3 is 10.1 Å². The molecule has 0 bridgehead atoms. The van der Waals surface area contributed by atoms with E-state index in [1.165, 1.54) is 0 Å². The van der Waals surface area contributed by atoms with Crippen LogP contribution in [0, 0.1) is 11.3 Å². The number of ketones is 1. The maximum Gasteiger partial charge on any atom is 0.141 e. The molecular weight excluding hydrogens is 352 g/mol. The lowest BCUT2D eigenvalue weighted by atomic mass is 9.80. The number of nitrogens with one attached hydrogen (secondary N) is 1. The quantitative estimate of drug-likeness (QED) is 0.399. The Balaban J connectivity index is 4.32. The third-order valence-corrected chi connectivity index (χ3v) is 5.12. The van der Waals surface area contributed by atoms with E-state index in [-0.39, 0.29) is 22.5 Å². The van der Waals surface area contributed by atoms with Crippen LogP contribution in [-0.4, -0.2) is 54.8 Å². The molecule has 0 fully saturated rings. The van der Waals surface area contributed by atoms with Crippen LogP contribution < -0.4 is 5.32 Å². The zero-order valence-corrected chi connectivity index (χ0v) is 20.6. The highest BCUT2D eigenvalue weighted by molar-refractivity contribution is 5.85. The van der Waals surface area contributed by atoms with Gasteiger partial charge in [0.05, 0.1) is 17.8 Å². The minimum atomic E-state index is -0.326. The van der Waals surface area contributed by atoms with Gasteiger partial charge in [0.2, 0.25) is 0 Å². The summed E-state index contributed by atoms with van der Waals surface area (Å²) in [6.45, 7) is 23.1. The number of hydroxylamine groups is 2. The van der Waals surface area contributed by atoms with Crippen molar-refractivity contribution in [1.29, 1.82) is 0 Å². The largest absolute Gasteiger partial charge is 0.375 e. The summed E-state index contributed by atoms with van der Waals surface area (Å²) in [4.78, 5) is 18.5. The van der Waals surface area contributed by atoms with E-state index in [4.69, 9.17) is 9.57 Å². The molecule has 5 heteroatoms. The van der Waals surface area contributed by atoms with Crippen LogP contribution in [0.5, 0.6) is 0 Å². The van der Waals surface area contributed by atoms with Crippen molar-refractivity contribution < 1.29 is 14.4 Å². The average molecular weight is 401 g/mol. The van der Waals surface area contributed by atoms with Gasteiger partial charge in [-0.2, -0.15) is 5.06 Å². The maximum absolute atomic E-state index is 12.3. The fourth-order valence-electron chi connectivity index (χ4n) is 3.16. The van der Waals surface area contributed by atoms with E-state index in [0.29, 0.717) is 18.4 Å². The lowest BCUT2D eigenvalue weighted by Crippen LogP contribution is -2.39. The van der Waals surface area contributed by atoms with Crippen molar-refractivity contribution in [1.82, 2.24) is 10.4 Å². The van der Waals surface area contributed by atoms with E-state index < -0.39 is 0 Å².